The van der Waals surface area contributed by atoms with Crippen LogP contribution in [0.25, 0.3) is 10.4 Å². The van der Waals surface area contributed by atoms with E-state index < -0.39 is 54.6 Å². The highest BCUT2D eigenvalue weighted by Gasteiger charge is 2.52. The van der Waals surface area contributed by atoms with Crippen molar-refractivity contribution in [3.8, 4) is 0 Å². The minimum absolute atomic E-state index is 0.323. The van der Waals surface area contributed by atoms with Crippen LogP contribution < -0.4 is 0 Å². The Labute approximate surface area is 148 Å². The van der Waals surface area contributed by atoms with E-state index in [9.17, 15) is 19.2 Å². The van der Waals surface area contributed by atoms with Gasteiger partial charge >= 0.3 is 23.9 Å². The van der Waals surface area contributed by atoms with Gasteiger partial charge in [0.25, 0.3) is 0 Å². The fourth-order valence-electron chi connectivity index (χ4n) is 2.38. The molecule has 0 aliphatic carbocycles. The van der Waals surface area contributed by atoms with E-state index >= 15 is 0 Å². The van der Waals surface area contributed by atoms with E-state index in [4.69, 9.17) is 29.2 Å². The number of carbonyl (C=O) groups is 4. The first kappa shape index (κ1) is 21.2. The first-order valence-electron chi connectivity index (χ1n) is 7.51. The van der Waals surface area contributed by atoms with Crippen molar-refractivity contribution in [3.05, 3.63) is 10.4 Å². The average molecular weight is 373 g/mol. The summed E-state index contributed by atoms with van der Waals surface area (Å²) in [6.45, 7) is 4.05. The van der Waals surface area contributed by atoms with Crippen molar-refractivity contribution in [1.82, 2.24) is 0 Å². The highest BCUT2D eigenvalue weighted by Crippen LogP contribution is 2.29. The lowest BCUT2D eigenvalue weighted by atomic mass is 9.97. The lowest BCUT2D eigenvalue weighted by Gasteiger charge is -2.43. The number of hydrogen-bond donors (Lipinski definition) is 0. The van der Waals surface area contributed by atoms with Gasteiger partial charge in [-0.05, 0) is 5.53 Å². The molecule has 1 rings (SSSR count). The SMILES string of the molecule is CC(=O)O[C@H]1OC(CN=[N+]=[N-])[C@@H](OC(C)=O)[C@H](OC(C)=O)[C@H]1OC(C)=O. The van der Waals surface area contributed by atoms with E-state index in [2.05, 4.69) is 10.0 Å². The molecule has 0 N–H and O–H groups in total. The number of azide groups is 1. The van der Waals surface area contributed by atoms with E-state index in [0.717, 1.165) is 27.7 Å². The van der Waals surface area contributed by atoms with Gasteiger partial charge in [0, 0.05) is 32.6 Å². The van der Waals surface area contributed by atoms with Crippen LogP contribution in [0.4, 0.5) is 0 Å². The molecule has 0 spiro atoms. The molecule has 1 aliphatic rings. The van der Waals surface area contributed by atoms with Gasteiger partial charge in [0.2, 0.25) is 12.4 Å². The molecule has 1 heterocycles. The van der Waals surface area contributed by atoms with Crippen molar-refractivity contribution in [2.45, 2.75) is 58.4 Å². The van der Waals surface area contributed by atoms with Crippen LogP contribution in [0, 0.1) is 0 Å². The summed E-state index contributed by atoms with van der Waals surface area (Å²) in [5.41, 5.74) is 8.51. The van der Waals surface area contributed by atoms with Crippen molar-refractivity contribution < 1.29 is 42.9 Å². The topological polar surface area (TPSA) is 163 Å². The lowest BCUT2D eigenvalue weighted by molar-refractivity contribution is -0.293. The van der Waals surface area contributed by atoms with Crippen LogP contribution in [0.2, 0.25) is 0 Å². The Morgan fingerprint density at radius 3 is 1.77 bits per heavy atom. The van der Waals surface area contributed by atoms with Gasteiger partial charge in [0.15, 0.2) is 12.2 Å². The van der Waals surface area contributed by atoms with Crippen LogP contribution in [0.3, 0.4) is 0 Å². The number of nitrogens with zero attached hydrogens (tertiary/aromatic N) is 3. The van der Waals surface area contributed by atoms with E-state index in [1.54, 1.807) is 0 Å². The normalized spacial score (nSPS) is 27.5. The molecule has 144 valence electrons. The van der Waals surface area contributed by atoms with Crippen LogP contribution in [-0.4, -0.2) is 61.1 Å². The molecule has 26 heavy (non-hydrogen) atoms. The molecule has 5 atom stereocenters. The quantitative estimate of drug-likeness (QED) is 0.210. The third-order valence-corrected chi connectivity index (χ3v) is 3.10. The summed E-state index contributed by atoms with van der Waals surface area (Å²) in [6, 6.07) is 0. The van der Waals surface area contributed by atoms with Crippen molar-refractivity contribution in [2.24, 2.45) is 5.11 Å². The largest absolute Gasteiger partial charge is 0.456 e. The second kappa shape index (κ2) is 9.59. The molecule has 0 bridgehead atoms. The number of ether oxygens (including phenoxy) is 5. The third kappa shape index (κ3) is 6.22. The maximum Gasteiger partial charge on any atom is 0.305 e. The molecule has 0 aromatic heterocycles. The van der Waals surface area contributed by atoms with E-state index in [-0.39, 0.29) is 6.54 Å². The second-order valence-corrected chi connectivity index (χ2v) is 5.29. The van der Waals surface area contributed by atoms with Crippen LogP contribution >= 0.6 is 0 Å². The summed E-state index contributed by atoms with van der Waals surface area (Å²) in [5, 5.41) is 3.34. The molecule has 0 radical (unpaired) electrons. The summed E-state index contributed by atoms with van der Waals surface area (Å²) in [6.07, 6.45) is -6.59. The molecule has 0 saturated carbocycles. The Balaban J connectivity index is 3.32. The maximum absolute atomic E-state index is 11.5. The zero-order chi connectivity index (χ0) is 19.9. The predicted octanol–water partition coefficient (Wildman–Crippen LogP) is 0.380. The zero-order valence-electron chi connectivity index (χ0n) is 14.6. The van der Waals surface area contributed by atoms with E-state index in [0.29, 0.717) is 0 Å². The fraction of sp³-hybridized carbons (Fsp3) is 0.714. The van der Waals surface area contributed by atoms with Crippen LogP contribution in [0.1, 0.15) is 27.7 Å². The van der Waals surface area contributed by atoms with E-state index in [1.807, 2.05) is 0 Å². The van der Waals surface area contributed by atoms with Gasteiger partial charge in [-0.2, -0.15) is 0 Å². The Morgan fingerprint density at radius 2 is 1.31 bits per heavy atom. The molecule has 12 heteroatoms. The van der Waals surface area contributed by atoms with Crippen molar-refractivity contribution in [3.63, 3.8) is 0 Å². The van der Waals surface area contributed by atoms with Crippen molar-refractivity contribution in [2.75, 3.05) is 6.54 Å². The highest BCUT2D eigenvalue weighted by molar-refractivity contribution is 5.69. The molecule has 0 amide bonds. The molecule has 12 nitrogen and oxygen atoms in total. The molecule has 1 saturated heterocycles. The van der Waals surface area contributed by atoms with Crippen LogP contribution in [-0.2, 0) is 42.9 Å². The fourth-order valence-corrected chi connectivity index (χ4v) is 2.38. The summed E-state index contributed by atoms with van der Waals surface area (Å²) in [7, 11) is 0. The van der Waals surface area contributed by atoms with Gasteiger partial charge in [0.05, 0.1) is 6.54 Å². The molecule has 1 aliphatic heterocycles. The van der Waals surface area contributed by atoms with Crippen LogP contribution in [0.15, 0.2) is 5.11 Å². The van der Waals surface area contributed by atoms with Crippen molar-refractivity contribution >= 4 is 23.9 Å². The molecule has 1 fully saturated rings. The smallest absolute Gasteiger partial charge is 0.305 e. The molecular formula is C14H19N3O9. The zero-order valence-corrected chi connectivity index (χ0v) is 14.6. The van der Waals surface area contributed by atoms with Gasteiger partial charge < -0.3 is 23.7 Å². The summed E-state index contributed by atoms with van der Waals surface area (Å²) < 4.78 is 25.8. The first-order valence-corrected chi connectivity index (χ1v) is 7.51. The molecule has 0 aromatic carbocycles. The maximum atomic E-state index is 11.5. The van der Waals surface area contributed by atoms with Crippen LogP contribution in [0.5, 0.6) is 0 Å². The van der Waals surface area contributed by atoms with Gasteiger partial charge in [-0.3, -0.25) is 19.2 Å². The Bertz CT molecular complexity index is 587. The van der Waals surface area contributed by atoms with E-state index in [1.165, 1.54) is 0 Å². The molecule has 0 aromatic rings. The number of rotatable bonds is 6. The second-order valence-electron chi connectivity index (χ2n) is 5.29. The molecule has 1 unspecified atom stereocenters. The number of esters is 4. The predicted molar refractivity (Wildman–Crippen MR) is 81.1 cm³/mol. The van der Waals surface area contributed by atoms with Gasteiger partial charge in [0.1, 0.15) is 6.10 Å². The van der Waals surface area contributed by atoms with Gasteiger partial charge in [-0.1, -0.05) is 5.11 Å². The summed E-state index contributed by atoms with van der Waals surface area (Å²) in [5.74, 6) is -3.05. The monoisotopic (exact) mass is 373 g/mol. The van der Waals surface area contributed by atoms with Crippen molar-refractivity contribution in [1.29, 1.82) is 0 Å². The highest BCUT2D eigenvalue weighted by atomic mass is 16.7. The standard InChI is InChI=1S/C14H19N3O9/c1-6(18)22-11-10(5-16-17-15)26-14(25-9(4)21)13(24-8(3)20)12(11)23-7(2)19/h10-14H,5H2,1-4H3/t10?,11-,12+,13-,14+/m1/s1. The lowest BCUT2D eigenvalue weighted by Crippen LogP contribution is -2.62. The average Bonchev–Trinajstić information content (AvgIpc) is 2.49. The van der Waals surface area contributed by atoms with Gasteiger partial charge in [-0.15, -0.1) is 0 Å². The first-order chi connectivity index (χ1) is 12.1. The van der Waals surface area contributed by atoms with Gasteiger partial charge in [-0.25, -0.2) is 0 Å². The third-order valence-electron chi connectivity index (χ3n) is 3.10. The number of carbonyl (C=O) groups excluding carboxylic acids is 4. The Kier molecular flexibility index (Phi) is 7.81. The summed E-state index contributed by atoms with van der Waals surface area (Å²) >= 11 is 0. The Hall–Kier alpha value is -2.85. The number of hydrogen-bond acceptors (Lipinski definition) is 10. The Morgan fingerprint density at radius 1 is 0.846 bits per heavy atom. The summed E-state index contributed by atoms with van der Waals surface area (Å²) in [4.78, 5) is 48.3. The minimum Gasteiger partial charge on any atom is -0.456 e. The molecular weight excluding hydrogens is 354 g/mol. The minimum atomic E-state index is -1.47.